The van der Waals surface area contributed by atoms with E-state index in [-0.39, 0.29) is 18.9 Å². The third kappa shape index (κ3) is 25.9. The van der Waals surface area contributed by atoms with Crippen molar-refractivity contribution in [2.24, 2.45) is 0 Å². The number of unbranched alkanes of at least 4 members (excludes halogenated alkanes) is 26. The molecular formula is C52H97NO13. The summed E-state index contributed by atoms with van der Waals surface area (Å²) in [7, 11) is 0. The van der Waals surface area contributed by atoms with Gasteiger partial charge in [0, 0.05) is 6.42 Å². The maximum absolute atomic E-state index is 13.1. The molecule has 12 atom stereocenters. The lowest BCUT2D eigenvalue weighted by atomic mass is 9.97. The molecule has 2 aliphatic rings. The van der Waals surface area contributed by atoms with Crippen molar-refractivity contribution in [1.29, 1.82) is 0 Å². The van der Waals surface area contributed by atoms with Crippen molar-refractivity contribution in [2.75, 3.05) is 19.8 Å². The summed E-state index contributed by atoms with van der Waals surface area (Å²) in [6.07, 6.45) is 26.5. The van der Waals surface area contributed by atoms with Gasteiger partial charge in [-0.15, -0.1) is 0 Å². The summed E-state index contributed by atoms with van der Waals surface area (Å²) in [5, 5.41) is 86.8. The van der Waals surface area contributed by atoms with E-state index in [0.29, 0.717) is 6.42 Å². The van der Waals surface area contributed by atoms with Crippen molar-refractivity contribution in [1.82, 2.24) is 5.32 Å². The highest BCUT2D eigenvalue weighted by molar-refractivity contribution is 5.76. The molecule has 66 heavy (non-hydrogen) atoms. The average molecular weight is 944 g/mol. The van der Waals surface area contributed by atoms with Crippen molar-refractivity contribution in [3.63, 3.8) is 0 Å². The molecule has 1 amide bonds. The van der Waals surface area contributed by atoms with Crippen molar-refractivity contribution in [2.45, 2.75) is 280 Å². The summed E-state index contributed by atoms with van der Waals surface area (Å²) < 4.78 is 22.7. The predicted octanol–water partition coefficient (Wildman–Crippen LogP) is 7.33. The zero-order valence-electron chi connectivity index (χ0n) is 41.2. The number of nitrogens with one attached hydrogen (secondary N) is 1. The minimum atomic E-state index is -1.79. The molecule has 0 aromatic carbocycles. The van der Waals surface area contributed by atoms with Gasteiger partial charge in [0.25, 0.3) is 0 Å². The molecule has 0 aliphatic carbocycles. The van der Waals surface area contributed by atoms with E-state index >= 15 is 0 Å². The first-order valence-electron chi connectivity index (χ1n) is 26.6. The molecule has 2 heterocycles. The molecule has 0 radical (unpaired) electrons. The van der Waals surface area contributed by atoms with Crippen LogP contribution in [-0.2, 0) is 23.7 Å². The van der Waals surface area contributed by atoms with Crippen LogP contribution in [0.25, 0.3) is 0 Å². The second kappa shape index (κ2) is 39.2. The number of carbonyl (C=O) groups excluding carboxylic acids is 1. The molecule has 0 aromatic heterocycles. The monoisotopic (exact) mass is 944 g/mol. The van der Waals surface area contributed by atoms with Crippen LogP contribution >= 0.6 is 0 Å². The van der Waals surface area contributed by atoms with Crippen molar-refractivity contribution in [3.8, 4) is 0 Å². The van der Waals surface area contributed by atoms with Gasteiger partial charge in [0.15, 0.2) is 12.6 Å². The van der Waals surface area contributed by atoms with E-state index in [2.05, 4.69) is 31.3 Å². The lowest BCUT2D eigenvalue weighted by molar-refractivity contribution is -0.359. The normalized spacial score (nSPS) is 26.9. The third-order valence-corrected chi connectivity index (χ3v) is 13.1. The molecule has 2 aliphatic heterocycles. The van der Waals surface area contributed by atoms with E-state index < -0.39 is 86.8 Å². The maximum atomic E-state index is 13.1. The lowest BCUT2D eigenvalue weighted by Gasteiger charge is -2.46. The number of aliphatic hydroxyl groups excluding tert-OH is 8. The van der Waals surface area contributed by atoms with Gasteiger partial charge in [-0.3, -0.25) is 4.79 Å². The van der Waals surface area contributed by atoms with Gasteiger partial charge < -0.3 is 65.1 Å². The summed E-state index contributed by atoms with van der Waals surface area (Å²) in [6.45, 7) is 2.76. The lowest BCUT2D eigenvalue weighted by Crippen LogP contribution is -2.65. The van der Waals surface area contributed by atoms with Crippen LogP contribution < -0.4 is 5.32 Å². The van der Waals surface area contributed by atoms with Crippen LogP contribution in [0.5, 0.6) is 0 Å². The van der Waals surface area contributed by atoms with Gasteiger partial charge >= 0.3 is 0 Å². The molecule has 388 valence electrons. The standard InChI is InChI=1S/C52H97NO13/c1-3-5-7-9-11-13-15-17-18-19-20-21-22-23-24-25-27-29-31-33-35-41(56)40(53-44(57)36-34-32-30-28-26-16-14-12-10-8-6-4-2)39-63-51-49(62)47(60)50(43(38-55)65-51)66-52-48(61)46(59)45(58)42(37-54)64-52/h12,14,33,35,40-43,45-52,54-56,58-62H,3-11,13,15-32,34,36-39H2,1-2H3,(H,53,57)/b14-12-,35-33+. The van der Waals surface area contributed by atoms with E-state index in [1.54, 1.807) is 6.08 Å². The maximum Gasteiger partial charge on any atom is 0.220 e. The molecular weight excluding hydrogens is 847 g/mol. The van der Waals surface area contributed by atoms with Crippen molar-refractivity contribution < 1.29 is 64.6 Å². The van der Waals surface area contributed by atoms with E-state index in [0.717, 1.165) is 57.8 Å². The number of carbonyl (C=O) groups is 1. The van der Waals surface area contributed by atoms with Gasteiger partial charge in [-0.1, -0.05) is 179 Å². The van der Waals surface area contributed by atoms with Gasteiger partial charge in [0.2, 0.25) is 5.91 Å². The van der Waals surface area contributed by atoms with Gasteiger partial charge in [-0.05, 0) is 44.9 Å². The van der Waals surface area contributed by atoms with E-state index in [9.17, 15) is 45.6 Å². The summed E-state index contributed by atoms with van der Waals surface area (Å²) in [5.74, 6) is -0.249. The number of aliphatic hydroxyl groups is 8. The first-order chi connectivity index (χ1) is 32.1. The highest BCUT2D eigenvalue weighted by atomic mass is 16.7. The molecule has 2 fully saturated rings. The van der Waals surface area contributed by atoms with Crippen LogP contribution in [0.4, 0.5) is 0 Å². The SMILES string of the molecule is CCCCC/C=C\CCCCCCCC(=O)NC(COC1OC(CO)C(OC2OC(CO)C(O)C(O)C2O)C(O)C1O)C(O)/C=C/CCCCCCCCCCCCCCCCCCCC. The zero-order valence-corrected chi connectivity index (χ0v) is 41.2. The molecule has 9 N–H and O–H groups in total. The van der Waals surface area contributed by atoms with Crippen LogP contribution in [0.1, 0.15) is 206 Å². The third-order valence-electron chi connectivity index (χ3n) is 13.1. The Bertz CT molecular complexity index is 1210. The first-order valence-corrected chi connectivity index (χ1v) is 26.6. The smallest absolute Gasteiger partial charge is 0.220 e. The molecule has 0 spiro atoms. The quantitative estimate of drug-likeness (QED) is 0.0216. The van der Waals surface area contributed by atoms with E-state index in [1.807, 2.05) is 6.08 Å². The van der Waals surface area contributed by atoms with Crippen LogP contribution in [-0.4, -0.2) is 140 Å². The van der Waals surface area contributed by atoms with Gasteiger partial charge in [-0.25, -0.2) is 0 Å². The molecule has 12 unspecified atom stereocenters. The predicted molar refractivity (Wildman–Crippen MR) is 258 cm³/mol. The van der Waals surface area contributed by atoms with E-state index in [4.69, 9.17) is 18.9 Å². The number of rotatable bonds is 41. The fourth-order valence-electron chi connectivity index (χ4n) is 8.76. The van der Waals surface area contributed by atoms with Crippen LogP contribution in [0, 0.1) is 0 Å². The number of allylic oxidation sites excluding steroid dienone is 3. The molecule has 2 saturated heterocycles. The Balaban J connectivity index is 1.82. The highest BCUT2D eigenvalue weighted by Gasteiger charge is 2.51. The molecule has 14 nitrogen and oxygen atoms in total. The Morgan fingerprint density at radius 3 is 1.47 bits per heavy atom. The zero-order chi connectivity index (χ0) is 48.2. The van der Waals surface area contributed by atoms with Crippen molar-refractivity contribution in [3.05, 3.63) is 24.3 Å². The number of hydrogen-bond donors (Lipinski definition) is 9. The number of amides is 1. The Kier molecular flexibility index (Phi) is 36.0. The fourth-order valence-corrected chi connectivity index (χ4v) is 8.76. The molecule has 0 saturated carbocycles. The Morgan fingerprint density at radius 1 is 0.530 bits per heavy atom. The molecule has 0 bridgehead atoms. The fraction of sp³-hybridized carbons (Fsp3) is 0.904. The minimum absolute atomic E-state index is 0.249. The summed E-state index contributed by atoms with van der Waals surface area (Å²) in [6, 6.07) is -0.915. The van der Waals surface area contributed by atoms with Crippen LogP contribution in [0.15, 0.2) is 24.3 Å². The van der Waals surface area contributed by atoms with Crippen LogP contribution in [0.3, 0.4) is 0 Å². The van der Waals surface area contributed by atoms with Gasteiger partial charge in [0.1, 0.15) is 48.8 Å². The Labute approximate surface area is 398 Å². The summed E-state index contributed by atoms with van der Waals surface area (Å²) in [4.78, 5) is 13.1. The summed E-state index contributed by atoms with van der Waals surface area (Å²) >= 11 is 0. The Hall–Kier alpha value is -1.53. The molecule has 2 rings (SSSR count). The van der Waals surface area contributed by atoms with E-state index in [1.165, 1.54) is 122 Å². The second-order valence-electron chi connectivity index (χ2n) is 19.0. The van der Waals surface area contributed by atoms with Gasteiger partial charge in [-0.2, -0.15) is 0 Å². The topological polar surface area (TPSA) is 228 Å². The Morgan fingerprint density at radius 2 is 0.955 bits per heavy atom. The molecule has 14 heteroatoms. The van der Waals surface area contributed by atoms with Gasteiger partial charge in [0.05, 0.1) is 32.0 Å². The number of hydrogen-bond acceptors (Lipinski definition) is 13. The first kappa shape index (κ1) is 60.6. The number of ether oxygens (including phenoxy) is 4. The summed E-state index contributed by atoms with van der Waals surface area (Å²) in [5.41, 5.74) is 0. The second-order valence-corrected chi connectivity index (χ2v) is 19.0. The minimum Gasteiger partial charge on any atom is -0.394 e. The largest absolute Gasteiger partial charge is 0.394 e. The van der Waals surface area contributed by atoms with Crippen LogP contribution in [0.2, 0.25) is 0 Å². The van der Waals surface area contributed by atoms with Crippen molar-refractivity contribution >= 4 is 5.91 Å². The average Bonchev–Trinajstić information content (AvgIpc) is 3.31. The molecule has 0 aromatic rings. The highest BCUT2D eigenvalue weighted by Crippen LogP contribution is 2.30.